The highest BCUT2D eigenvalue weighted by Gasteiger charge is 2.38. The smallest absolute Gasteiger partial charge is 0.319 e. The maximum atomic E-state index is 12.5. The van der Waals surface area contributed by atoms with Crippen LogP contribution in [0.15, 0.2) is 22.7 Å². The minimum atomic E-state index is -0.457. The van der Waals surface area contributed by atoms with Crippen molar-refractivity contribution in [2.24, 2.45) is 0 Å². The van der Waals surface area contributed by atoms with E-state index in [1.807, 2.05) is 0 Å². The molecule has 0 bridgehead atoms. The molecule has 0 aromatic heterocycles. The first-order valence-corrected chi connectivity index (χ1v) is 8.98. The predicted octanol–water partition coefficient (Wildman–Crippen LogP) is 0.871. The molecule has 8 nitrogen and oxygen atoms in total. The van der Waals surface area contributed by atoms with Crippen LogP contribution in [-0.4, -0.2) is 90.2 Å². The largest absolute Gasteiger partial charge is 0.338 e. The molecule has 0 spiro atoms. The van der Waals surface area contributed by atoms with Crippen molar-refractivity contribution in [1.82, 2.24) is 19.6 Å². The van der Waals surface area contributed by atoms with Crippen molar-refractivity contribution in [2.45, 2.75) is 0 Å². The lowest BCUT2D eigenvalue weighted by Gasteiger charge is -2.36. The Labute approximate surface area is 159 Å². The number of rotatable bonds is 2. The number of benzene rings is 1. The van der Waals surface area contributed by atoms with E-state index in [4.69, 9.17) is 0 Å². The van der Waals surface area contributed by atoms with E-state index in [-0.39, 0.29) is 18.5 Å². The van der Waals surface area contributed by atoms with Crippen LogP contribution in [0.3, 0.4) is 0 Å². The van der Waals surface area contributed by atoms with Gasteiger partial charge >= 0.3 is 6.03 Å². The lowest BCUT2D eigenvalue weighted by molar-refractivity contribution is -0.132. The molecule has 5 amide bonds. The number of halogens is 1. The average Bonchev–Trinajstić information content (AvgIpc) is 2.85. The second kappa shape index (κ2) is 7.06. The van der Waals surface area contributed by atoms with Gasteiger partial charge in [-0.3, -0.25) is 19.3 Å². The fraction of sp³-hybridized carbons (Fsp3) is 0.412. The lowest BCUT2D eigenvalue weighted by Crippen LogP contribution is -2.54. The Hall–Kier alpha value is -2.42. The summed E-state index contributed by atoms with van der Waals surface area (Å²) in [5.41, 5.74) is 0.617. The second-order valence-electron chi connectivity index (χ2n) is 6.43. The molecule has 0 N–H and O–H groups in total. The molecule has 0 saturated carbocycles. The Bertz CT molecular complexity index is 787. The molecule has 2 aliphatic heterocycles. The monoisotopic (exact) mass is 422 g/mol. The second-order valence-corrected chi connectivity index (χ2v) is 7.35. The van der Waals surface area contributed by atoms with Crippen LogP contribution in [0.2, 0.25) is 0 Å². The summed E-state index contributed by atoms with van der Waals surface area (Å²) < 4.78 is 0.701. The fourth-order valence-electron chi connectivity index (χ4n) is 3.07. The van der Waals surface area contributed by atoms with Gasteiger partial charge in [0.1, 0.15) is 6.54 Å². The third-order valence-electron chi connectivity index (χ3n) is 4.51. The van der Waals surface area contributed by atoms with Gasteiger partial charge in [-0.1, -0.05) is 15.9 Å². The number of hydrogen-bond acceptors (Lipinski definition) is 4. The summed E-state index contributed by atoms with van der Waals surface area (Å²) in [5.74, 6) is -1.20. The highest BCUT2D eigenvalue weighted by Crippen LogP contribution is 2.26. The van der Waals surface area contributed by atoms with Crippen LogP contribution in [0.25, 0.3) is 0 Å². The maximum Gasteiger partial charge on any atom is 0.319 e. The summed E-state index contributed by atoms with van der Waals surface area (Å²) in [6.07, 6.45) is 0. The highest BCUT2D eigenvalue weighted by molar-refractivity contribution is 9.10. The van der Waals surface area contributed by atoms with Crippen molar-refractivity contribution in [2.75, 3.05) is 46.8 Å². The Morgan fingerprint density at radius 1 is 1.00 bits per heavy atom. The minimum absolute atomic E-state index is 0.0944. The summed E-state index contributed by atoms with van der Waals surface area (Å²) in [7, 11) is 3.36. The Morgan fingerprint density at radius 3 is 2.19 bits per heavy atom. The SMILES string of the molecule is CN(C)C(=O)N1CCN(C(=O)CN2C(=O)c3ccc(Br)cc3C2=O)CC1. The number of amides is 5. The van der Waals surface area contributed by atoms with Gasteiger partial charge in [0.05, 0.1) is 11.1 Å². The van der Waals surface area contributed by atoms with E-state index in [2.05, 4.69) is 15.9 Å². The van der Waals surface area contributed by atoms with Gasteiger partial charge in [-0.25, -0.2) is 4.79 Å². The number of nitrogens with zero attached hydrogens (tertiary/aromatic N) is 4. The van der Waals surface area contributed by atoms with Crippen molar-refractivity contribution < 1.29 is 19.2 Å². The van der Waals surface area contributed by atoms with Crippen molar-refractivity contribution in [1.29, 1.82) is 0 Å². The highest BCUT2D eigenvalue weighted by atomic mass is 79.9. The molecule has 1 saturated heterocycles. The van der Waals surface area contributed by atoms with Crippen LogP contribution < -0.4 is 0 Å². The lowest BCUT2D eigenvalue weighted by atomic mass is 10.1. The molecule has 2 aliphatic rings. The molecule has 9 heteroatoms. The molecule has 0 radical (unpaired) electrons. The Kier molecular flexibility index (Phi) is 4.99. The summed E-state index contributed by atoms with van der Waals surface area (Å²) >= 11 is 3.28. The van der Waals surface area contributed by atoms with Gasteiger partial charge in [0.15, 0.2) is 0 Å². The van der Waals surface area contributed by atoms with E-state index in [9.17, 15) is 19.2 Å². The van der Waals surface area contributed by atoms with Crippen LogP contribution in [0, 0.1) is 0 Å². The number of hydrogen-bond donors (Lipinski definition) is 0. The van der Waals surface area contributed by atoms with Crippen molar-refractivity contribution in [3.05, 3.63) is 33.8 Å². The molecular formula is C17H19BrN4O4. The van der Waals surface area contributed by atoms with Gasteiger partial charge in [-0.15, -0.1) is 0 Å². The summed E-state index contributed by atoms with van der Waals surface area (Å²) in [6.45, 7) is 1.33. The van der Waals surface area contributed by atoms with Crippen LogP contribution >= 0.6 is 15.9 Å². The van der Waals surface area contributed by atoms with Gasteiger partial charge in [0.2, 0.25) is 5.91 Å². The number of urea groups is 1. The third-order valence-corrected chi connectivity index (χ3v) is 5.00. The zero-order chi connectivity index (χ0) is 19.0. The van der Waals surface area contributed by atoms with Gasteiger partial charge < -0.3 is 14.7 Å². The fourth-order valence-corrected chi connectivity index (χ4v) is 3.43. The van der Waals surface area contributed by atoms with Crippen LogP contribution in [0.1, 0.15) is 20.7 Å². The van der Waals surface area contributed by atoms with Crippen molar-refractivity contribution in [3.8, 4) is 0 Å². The zero-order valence-electron chi connectivity index (χ0n) is 14.6. The van der Waals surface area contributed by atoms with Crippen LogP contribution in [-0.2, 0) is 4.79 Å². The first-order chi connectivity index (χ1) is 12.3. The first-order valence-electron chi connectivity index (χ1n) is 8.19. The van der Waals surface area contributed by atoms with E-state index in [0.717, 1.165) is 4.90 Å². The molecule has 1 fully saturated rings. The minimum Gasteiger partial charge on any atom is -0.338 e. The maximum absolute atomic E-state index is 12.5. The van der Waals surface area contributed by atoms with Gasteiger partial charge in [-0.2, -0.15) is 0 Å². The topological polar surface area (TPSA) is 81.2 Å². The van der Waals surface area contributed by atoms with Crippen molar-refractivity contribution in [3.63, 3.8) is 0 Å². The number of piperazine rings is 1. The molecule has 3 rings (SSSR count). The van der Waals surface area contributed by atoms with Gasteiger partial charge in [0, 0.05) is 44.7 Å². The van der Waals surface area contributed by atoms with E-state index in [1.165, 1.54) is 4.90 Å². The number of fused-ring (bicyclic) bond motifs is 1. The summed E-state index contributed by atoms with van der Waals surface area (Å²) in [4.78, 5) is 55.1. The van der Waals surface area contributed by atoms with Gasteiger partial charge in [0.25, 0.3) is 11.8 Å². The van der Waals surface area contributed by atoms with E-state index in [0.29, 0.717) is 41.8 Å². The average molecular weight is 423 g/mol. The zero-order valence-corrected chi connectivity index (χ0v) is 16.2. The molecule has 0 aliphatic carbocycles. The predicted molar refractivity (Wildman–Crippen MR) is 96.7 cm³/mol. The molecule has 1 aromatic carbocycles. The molecule has 0 unspecified atom stereocenters. The molecule has 0 atom stereocenters. The van der Waals surface area contributed by atoms with E-state index >= 15 is 0 Å². The molecule has 138 valence electrons. The van der Waals surface area contributed by atoms with E-state index in [1.54, 1.807) is 42.1 Å². The Morgan fingerprint density at radius 2 is 1.58 bits per heavy atom. The summed E-state index contributed by atoms with van der Waals surface area (Å²) in [6, 6.07) is 4.76. The van der Waals surface area contributed by atoms with Crippen LogP contribution in [0.5, 0.6) is 0 Å². The van der Waals surface area contributed by atoms with Crippen molar-refractivity contribution >= 4 is 39.7 Å². The van der Waals surface area contributed by atoms with Gasteiger partial charge in [-0.05, 0) is 18.2 Å². The number of imide groups is 1. The molecule has 2 heterocycles. The standard InChI is InChI=1S/C17H19BrN4O4/c1-19(2)17(26)21-7-5-20(6-8-21)14(23)10-22-15(24)12-4-3-11(18)9-13(12)16(22)25/h3-4,9H,5-8,10H2,1-2H3. The van der Waals surface area contributed by atoms with Crippen LogP contribution in [0.4, 0.5) is 4.79 Å². The third kappa shape index (κ3) is 3.31. The summed E-state index contributed by atoms with van der Waals surface area (Å²) in [5, 5.41) is 0. The number of carbonyl (C=O) groups excluding carboxylic acids is 4. The first kappa shape index (κ1) is 18.4. The molecular weight excluding hydrogens is 404 g/mol. The normalized spacial score (nSPS) is 16.8. The van der Waals surface area contributed by atoms with E-state index < -0.39 is 11.8 Å². The quantitative estimate of drug-likeness (QED) is 0.662. The molecule has 1 aromatic rings. The molecule has 26 heavy (non-hydrogen) atoms. The Balaban J connectivity index is 1.62. The number of carbonyl (C=O) groups is 4.